The van der Waals surface area contributed by atoms with Crippen molar-refractivity contribution in [2.75, 3.05) is 6.61 Å². The molecule has 4 nitrogen and oxygen atoms in total. The van der Waals surface area contributed by atoms with Crippen LogP contribution >= 0.6 is 0 Å². The van der Waals surface area contributed by atoms with Crippen LogP contribution in [0.25, 0.3) is 4.85 Å². The highest BCUT2D eigenvalue weighted by atomic mass is 19.4. The molecule has 32 heavy (non-hydrogen) atoms. The van der Waals surface area contributed by atoms with Crippen LogP contribution in [0.5, 0.6) is 0 Å². The summed E-state index contributed by atoms with van der Waals surface area (Å²) < 4.78 is 60.6. The summed E-state index contributed by atoms with van der Waals surface area (Å²) in [6, 6.07) is 1.19. The first-order valence-corrected chi connectivity index (χ1v) is 10.5. The quantitative estimate of drug-likeness (QED) is 0.273. The molecular weight excluding hydrogens is 424 g/mol. The number of esters is 1. The normalized spacial score (nSPS) is 19.4. The summed E-state index contributed by atoms with van der Waals surface area (Å²) in [5.41, 5.74) is -1.07. The number of ether oxygens (including phenoxy) is 1. The molecule has 1 aliphatic rings. The Morgan fingerprint density at radius 3 is 2.44 bits per heavy atom. The van der Waals surface area contributed by atoms with Gasteiger partial charge in [-0.2, -0.15) is 13.2 Å². The Kier molecular flexibility index (Phi) is 7.87. The monoisotopic (exact) mass is 452 g/mol. The van der Waals surface area contributed by atoms with Crippen LogP contribution in [-0.4, -0.2) is 24.3 Å². The minimum absolute atomic E-state index is 0.0514. The molecule has 0 N–H and O–H groups in total. The lowest BCUT2D eigenvalue weighted by atomic mass is 9.77. The summed E-state index contributed by atoms with van der Waals surface area (Å²) in [6.07, 6.45) is -3.38. The van der Waals surface area contributed by atoms with Gasteiger partial charge in [0.2, 0.25) is 0 Å². The van der Waals surface area contributed by atoms with Gasteiger partial charge in [0.05, 0.1) is 35.1 Å². The Morgan fingerprint density at radius 2 is 1.91 bits per heavy atom. The number of aliphatic imine (C=N–C) groups is 1. The molecule has 0 saturated heterocycles. The maximum absolute atomic E-state index is 13.8. The average Bonchev–Trinajstić information content (AvgIpc) is 2.66. The van der Waals surface area contributed by atoms with Crippen LogP contribution in [0, 0.1) is 17.8 Å². The first-order valence-electron chi connectivity index (χ1n) is 10.5. The van der Waals surface area contributed by atoms with E-state index in [0.29, 0.717) is 36.7 Å². The van der Waals surface area contributed by atoms with Crippen LogP contribution in [0.2, 0.25) is 0 Å². The molecule has 0 spiro atoms. The molecule has 0 aromatic heterocycles. The number of hydrogen-bond acceptors (Lipinski definition) is 3. The molecule has 0 fully saturated rings. The molecule has 0 bridgehead atoms. The van der Waals surface area contributed by atoms with Gasteiger partial charge in [-0.15, -0.1) is 0 Å². The number of benzene rings is 1. The van der Waals surface area contributed by atoms with Crippen LogP contribution in [0.3, 0.4) is 0 Å². The van der Waals surface area contributed by atoms with Crippen molar-refractivity contribution in [3.63, 3.8) is 0 Å². The van der Waals surface area contributed by atoms with Crippen molar-refractivity contribution < 1.29 is 27.1 Å². The van der Waals surface area contributed by atoms with E-state index in [4.69, 9.17) is 11.3 Å². The summed E-state index contributed by atoms with van der Waals surface area (Å²) in [6.45, 7) is 17.0. The third-order valence-electron chi connectivity index (χ3n) is 5.26. The summed E-state index contributed by atoms with van der Waals surface area (Å²) in [5, 5.41) is 0. The second-order valence-electron chi connectivity index (χ2n) is 9.09. The number of carbonyl (C=O) groups is 1. The zero-order valence-corrected chi connectivity index (χ0v) is 18.9. The van der Waals surface area contributed by atoms with Crippen LogP contribution in [0.1, 0.15) is 70.9 Å². The lowest BCUT2D eigenvalue weighted by molar-refractivity contribution is -0.141. The maximum Gasteiger partial charge on any atom is 0.416 e. The van der Waals surface area contributed by atoms with Gasteiger partial charge in [0.25, 0.3) is 6.04 Å². The van der Waals surface area contributed by atoms with E-state index in [1.165, 1.54) is 0 Å². The molecule has 1 heterocycles. The molecular formula is C24H28F4N2O2. The molecule has 2 atom stereocenters. The SMILES string of the molecule is [C-]#[N+]C1C(C)=NC(CCC)=C(C(=O)OCCC(C)(C)C)C1c1ccc(F)cc1C(F)(F)F. The van der Waals surface area contributed by atoms with Crippen molar-refractivity contribution in [2.24, 2.45) is 10.4 Å². The number of hydrogen-bond donors (Lipinski definition) is 0. The molecule has 8 heteroatoms. The van der Waals surface area contributed by atoms with E-state index < -0.39 is 35.5 Å². The fraction of sp³-hybridized carbons (Fsp3) is 0.542. The Bertz CT molecular complexity index is 966. The predicted octanol–water partition coefficient (Wildman–Crippen LogP) is 6.72. The lowest BCUT2D eigenvalue weighted by Crippen LogP contribution is -2.34. The summed E-state index contributed by atoms with van der Waals surface area (Å²) in [7, 11) is 0. The maximum atomic E-state index is 13.8. The summed E-state index contributed by atoms with van der Waals surface area (Å²) >= 11 is 0. The van der Waals surface area contributed by atoms with E-state index in [0.717, 1.165) is 12.1 Å². The summed E-state index contributed by atoms with van der Waals surface area (Å²) in [5.74, 6) is -3.09. The number of alkyl halides is 3. The second kappa shape index (κ2) is 9.85. The third kappa shape index (κ3) is 5.96. The highest BCUT2D eigenvalue weighted by Gasteiger charge is 2.46. The van der Waals surface area contributed by atoms with Gasteiger partial charge in [0, 0.05) is 0 Å². The number of carbonyl (C=O) groups excluding carboxylic acids is 1. The van der Waals surface area contributed by atoms with Crippen molar-refractivity contribution in [1.82, 2.24) is 0 Å². The Labute approximate surface area is 186 Å². The van der Waals surface area contributed by atoms with Crippen LogP contribution in [0.15, 0.2) is 34.5 Å². The summed E-state index contributed by atoms with van der Waals surface area (Å²) in [4.78, 5) is 21.0. The fourth-order valence-electron chi connectivity index (χ4n) is 3.66. The first-order chi connectivity index (χ1) is 14.8. The van der Waals surface area contributed by atoms with Crippen LogP contribution in [0.4, 0.5) is 17.6 Å². The second-order valence-corrected chi connectivity index (χ2v) is 9.09. The van der Waals surface area contributed by atoms with E-state index in [2.05, 4.69) is 9.84 Å². The molecule has 0 saturated carbocycles. The number of halogens is 4. The van der Waals surface area contributed by atoms with Gasteiger partial charge in [0.15, 0.2) is 0 Å². The van der Waals surface area contributed by atoms with E-state index in [1.54, 1.807) is 6.92 Å². The van der Waals surface area contributed by atoms with Gasteiger partial charge in [0.1, 0.15) is 5.82 Å². The number of rotatable bonds is 6. The smallest absolute Gasteiger partial charge is 0.416 e. The van der Waals surface area contributed by atoms with E-state index in [9.17, 15) is 22.4 Å². The fourth-order valence-corrected chi connectivity index (χ4v) is 3.66. The molecule has 2 unspecified atom stereocenters. The minimum atomic E-state index is -4.86. The first kappa shape index (κ1) is 25.6. The van der Waals surface area contributed by atoms with Crippen molar-refractivity contribution in [1.29, 1.82) is 0 Å². The predicted molar refractivity (Wildman–Crippen MR) is 115 cm³/mol. The van der Waals surface area contributed by atoms with Crippen LogP contribution in [-0.2, 0) is 15.7 Å². The molecule has 0 amide bonds. The van der Waals surface area contributed by atoms with Gasteiger partial charge in [-0.1, -0.05) is 40.2 Å². The molecule has 2 rings (SSSR count). The third-order valence-corrected chi connectivity index (χ3v) is 5.26. The lowest BCUT2D eigenvalue weighted by Gasteiger charge is -2.29. The van der Waals surface area contributed by atoms with Crippen LogP contribution < -0.4 is 0 Å². The zero-order valence-electron chi connectivity index (χ0n) is 18.9. The van der Waals surface area contributed by atoms with Crippen molar-refractivity contribution in [2.45, 2.75) is 72.0 Å². The molecule has 1 aromatic carbocycles. The average molecular weight is 452 g/mol. The standard InChI is InChI=1S/C24H28F4N2O2/c1-7-8-18-20(22(31)32-12-11-23(3,4)5)19(21(29-6)14(2)30-18)16-10-9-15(25)13-17(16)24(26,27)28/h9-10,13,19,21H,7-8,11-12H2,1-5H3. The largest absolute Gasteiger partial charge is 0.462 e. The van der Waals surface area contributed by atoms with Crippen molar-refractivity contribution in [3.8, 4) is 0 Å². The highest BCUT2D eigenvalue weighted by molar-refractivity contribution is 6.00. The van der Waals surface area contributed by atoms with Gasteiger partial charge in [-0.25, -0.2) is 15.8 Å². The van der Waals surface area contributed by atoms with E-state index >= 15 is 0 Å². The Morgan fingerprint density at radius 1 is 1.25 bits per heavy atom. The van der Waals surface area contributed by atoms with E-state index in [-0.39, 0.29) is 23.2 Å². The highest BCUT2D eigenvalue weighted by Crippen LogP contribution is 2.44. The Balaban J connectivity index is 2.67. The van der Waals surface area contributed by atoms with Crippen molar-refractivity contribution >= 4 is 11.7 Å². The number of allylic oxidation sites excluding steroid dienone is 1. The van der Waals surface area contributed by atoms with Gasteiger partial charge < -0.3 is 9.58 Å². The molecule has 0 aliphatic carbocycles. The van der Waals surface area contributed by atoms with Crippen molar-refractivity contribution in [3.05, 3.63) is 57.8 Å². The molecule has 174 valence electrons. The van der Waals surface area contributed by atoms with Gasteiger partial charge >= 0.3 is 12.1 Å². The number of nitrogens with zero attached hydrogens (tertiary/aromatic N) is 2. The molecule has 1 aromatic rings. The van der Waals surface area contributed by atoms with Gasteiger partial charge in [-0.3, -0.25) is 4.99 Å². The minimum Gasteiger partial charge on any atom is -0.462 e. The van der Waals surface area contributed by atoms with Gasteiger partial charge in [-0.05, 0) is 42.9 Å². The Hall–Kier alpha value is -2.69. The zero-order chi connectivity index (χ0) is 24.3. The molecule has 0 radical (unpaired) electrons. The molecule has 1 aliphatic heterocycles. The van der Waals surface area contributed by atoms with E-state index in [1.807, 2.05) is 27.7 Å². The topological polar surface area (TPSA) is 43.0 Å².